The Labute approximate surface area is 261 Å². The van der Waals surface area contributed by atoms with E-state index in [0.29, 0.717) is 10.6 Å². The van der Waals surface area contributed by atoms with Gasteiger partial charge in [-0.05, 0) is 47.5 Å². The Morgan fingerprint density at radius 2 is 1.51 bits per heavy atom. The second-order valence-corrected chi connectivity index (χ2v) is 12.3. The van der Waals surface area contributed by atoms with Crippen LogP contribution in [0.4, 0.5) is 5.69 Å². The van der Waals surface area contributed by atoms with E-state index in [4.69, 9.17) is 27.9 Å². The molecule has 1 atom stereocenters. The van der Waals surface area contributed by atoms with Crippen molar-refractivity contribution in [1.82, 2.24) is 10.2 Å². The number of methoxy groups -OCH3 is 1. The highest BCUT2D eigenvalue weighted by molar-refractivity contribution is 7.92. The van der Waals surface area contributed by atoms with Crippen molar-refractivity contribution in [3.8, 4) is 5.75 Å². The summed E-state index contributed by atoms with van der Waals surface area (Å²) in [5, 5.41) is 3.30. The maximum atomic E-state index is 14.4. The standard InChI is InChI=1S/C32H31Cl2N3O5S/c1-35-32(39)29(19-23-11-5-3-6-12-23)36(21-24-13-9-10-16-27(24)34)31(38)22-37(28-20-25(33)17-18-30(28)42-2)43(40,41)26-14-7-4-8-15-26/h3-18,20,29H,19,21-22H2,1-2H3,(H,35,39)/t29-/m1/s1. The molecule has 0 aromatic heterocycles. The predicted molar refractivity (Wildman–Crippen MR) is 169 cm³/mol. The first kappa shape index (κ1) is 31.9. The molecule has 0 spiro atoms. The molecule has 0 aliphatic heterocycles. The van der Waals surface area contributed by atoms with E-state index in [1.54, 1.807) is 48.5 Å². The summed E-state index contributed by atoms with van der Waals surface area (Å²) in [5.74, 6) is -0.852. The maximum absolute atomic E-state index is 14.4. The lowest BCUT2D eigenvalue weighted by Gasteiger charge is -2.34. The molecule has 2 amide bonds. The fourth-order valence-corrected chi connectivity index (χ4v) is 6.42. The zero-order valence-electron chi connectivity index (χ0n) is 23.6. The molecule has 11 heteroatoms. The van der Waals surface area contributed by atoms with Gasteiger partial charge >= 0.3 is 0 Å². The average molecular weight is 641 g/mol. The quantitative estimate of drug-likeness (QED) is 0.218. The third-order valence-electron chi connectivity index (χ3n) is 6.84. The highest BCUT2D eigenvalue weighted by Crippen LogP contribution is 2.35. The van der Waals surface area contributed by atoms with E-state index in [2.05, 4.69) is 5.32 Å². The van der Waals surface area contributed by atoms with E-state index in [1.807, 2.05) is 30.3 Å². The van der Waals surface area contributed by atoms with Crippen molar-refractivity contribution >= 4 is 50.7 Å². The maximum Gasteiger partial charge on any atom is 0.264 e. The SMILES string of the molecule is CNC(=O)[C@@H](Cc1ccccc1)N(Cc1ccccc1Cl)C(=O)CN(c1cc(Cl)ccc1OC)S(=O)(=O)c1ccccc1. The van der Waals surface area contributed by atoms with Crippen molar-refractivity contribution < 1.29 is 22.7 Å². The van der Waals surface area contributed by atoms with Gasteiger partial charge in [0, 0.05) is 30.1 Å². The Morgan fingerprint density at radius 1 is 0.884 bits per heavy atom. The number of carbonyl (C=O) groups excluding carboxylic acids is 2. The van der Waals surface area contributed by atoms with Gasteiger partial charge in [-0.3, -0.25) is 13.9 Å². The molecule has 0 heterocycles. The summed E-state index contributed by atoms with van der Waals surface area (Å²) in [6, 6.07) is 27.5. The Bertz CT molecular complexity index is 1670. The molecule has 0 saturated heterocycles. The topological polar surface area (TPSA) is 96.0 Å². The molecule has 43 heavy (non-hydrogen) atoms. The van der Waals surface area contributed by atoms with E-state index in [-0.39, 0.29) is 34.3 Å². The van der Waals surface area contributed by atoms with Crippen molar-refractivity contribution in [3.05, 3.63) is 124 Å². The molecule has 0 radical (unpaired) electrons. The summed E-state index contributed by atoms with van der Waals surface area (Å²) in [7, 11) is -1.42. The highest BCUT2D eigenvalue weighted by atomic mass is 35.5. The van der Waals surface area contributed by atoms with Crippen LogP contribution in [-0.2, 0) is 32.6 Å². The molecule has 0 saturated carbocycles. The largest absolute Gasteiger partial charge is 0.495 e. The van der Waals surface area contributed by atoms with Crippen LogP contribution in [0.5, 0.6) is 5.75 Å². The van der Waals surface area contributed by atoms with Crippen LogP contribution in [0.1, 0.15) is 11.1 Å². The molecule has 224 valence electrons. The Hall–Kier alpha value is -4.05. The Balaban J connectivity index is 1.84. The van der Waals surface area contributed by atoms with Gasteiger partial charge in [0.2, 0.25) is 11.8 Å². The lowest BCUT2D eigenvalue weighted by molar-refractivity contribution is -0.139. The number of anilines is 1. The fraction of sp³-hybridized carbons (Fsp3) is 0.188. The first-order valence-electron chi connectivity index (χ1n) is 13.4. The fourth-order valence-electron chi connectivity index (χ4n) is 4.62. The number of halogens is 2. The molecule has 0 bridgehead atoms. The zero-order valence-corrected chi connectivity index (χ0v) is 25.9. The van der Waals surface area contributed by atoms with Crippen molar-refractivity contribution in [1.29, 1.82) is 0 Å². The summed E-state index contributed by atoms with van der Waals surface area (Å²) < 4.78 is 34.6. The minimum Gasteiger partial charge on any atom is -0.495 e. The van der Waals surface area contributed by atoms with Crippen molar-refractivity contribution in [2.75, 3.05) is 25.0 Å². The van der Waals surface area contributed by atoms with Crippen molar-refractivity contribution in [2.45, 2.75) is 23.9 Å². The van der Waals surface area contributed by atoms with Crippen LogP contribution in [0.3, 0.4) is 0 Å². The second kappa shape index (κ2) is 14.4. The first-order valence-corrected chi connectivity index (χ1v) is 15.5. The number of hydrogen-bond donors (Lipinski definition) is 1. The lowest BCUT2D eigenvalue weighted by atomic mass is 10.0. The molecule has 0 unspecified atom stereocenters. The molecular formula is C32H31Cl2N3O5S. The number of sulfonamides is 1. The van der Waals surface area contributed by atoms with Crippen LogP contribution in [0.2, 0.25) is 10.0 Å². The minimum atomic E-state index is -4.30. The van der Waals surface area contributed by atoms with E-state index >= 15 is 0 Å². The number of amides is 2. The van der Waals surface area contributed by atoms with E-state index in [9.17, 15) is 18.0 Å². The van der Waals surface area contributed by atoms with Crippen LogP contribution in [-0.4, -0.2) is 51.9 Å². The van der Waals surface area contributed by atoms with Gasteiger partial charge in [0.25, 0.3) is 10.0 Å². The molecular weight excluding hydrogens is 609 g/mol. The molecule has 4 aromatic rings. The summed E-state index contributed by atoms with van der Waals surface area (Å²) in [6.07, 6.45) is 0.183. The molecule has 0 fully saturated rings. The van der Waals surface area contributed by atoms with Gasteiger partial charge in [0.15, 0.2) is 0 Å². The van der Waals surface area contributed by atoms with E-state index in [0.717, 1.165) is 9.87 Å². The summed E-state index contributed by atoms with van der Waals surface area (Å²) in [5.41, 5.74) is 1.49. The van der Waals surface area contributed by atoms with Crippen LogP contribution in [0, 0.1) is 0 Å². The third-order valence-corrected chi connectivity index (χ3v) is 9.21. The number of nitrogens with zero attached hydrogens (tertiary/aromatic N) is 2. The summed E-state index contributed by atoms with van der Waals surface area (Å²) in [4.78, 5) is 29.1. The zero-order chi connectivity index (χ0) is 31.0. The molecule has 4 rings (SSSR count). The van der Waals surface area contributed by atoms with Gasteiger partial charge in [0.1, 0.15) is 18.3 Å². The number of carbonyl (C=O) groups is 2. The smallest absolute Gasteiger partial charge is 0.264 e. The van der Waals surface area contributed by atoms with Gasteiger partial charge in [-0.1, -0.05) is 89.9 Å². The van der Waals surface area contributed by atoms with Crippen LogP contribution in [0.15, 0.2) is 108 Å². The first-order chi connectivity index (χ1) is 20.6. The van der Waals surface area contributed by atoms with Crippen LogP contribution in [0.25, 0.3) is 0 Å². The predicted octanol–water partition coefficient (Wildman–Crippen LogP) is 5.58. The monoisotopic (exact) mass is 639 g/mol. The second-order valence-electron chi connectivity index (χ2n) is 9.57. The Kier molecular flexibility index (Phi) is 10.7. The number of benzene rings is 4. The number of hydrogen-bond acceptors (Lipinski definition) is 5. The Morgan fingerprint density at radius 3 is 2.14 bits per heavy atom. The number of ether oxygens (including phenoxy) is 1. The molecule has 4 aromatic carbocycles. The van der Waals surface area contributed by atoms with Crippen LogP contribution < -0.4 is 14.4 Å². The molecule has 1 N–H and O–H groups in total. The van der Waals surface area contributed by atoms with Gasteiger partial charge < -0.3 is 15.0 Å². The van der Waals surface area contributed by atoms with Gasteiger partial charge in [-0.15, -0.1) is 0 Å². The summed E-state index contributed by atoms with van der Waals surface area (Å²) in [6.45, 7) is -0.698. The normalized spacial score (nSPS) is 11.8. The molecule has 0 aliphatic rings. The third kappa shape index (κ3) is 7.67. The van der Waals surface area contributed by atoms with E-state index < -0.39 is 34.4 Å². The summed E-state index contributed by atoms with van der Waals surface area (Å²) >= 11 is 12.8. The van der Waals surface area contributed by atoms with Gasteiger partial charge in [-0.25, -0.2) is 8.42 Å². The number of rotatable bonds is 12. The minimum absolute atomic E-state index is 0.0328. The van der Waals surface area contributed by atoms with Gasteiger partial charge in [0.05, 0.1) is 17.7 Å². The van der Waals surface area contributed by atoms with Crippen molar-refractivity contribution in [3.63, 3.8) is 0 Å². The van der Waals surface area contributed by atoms with Crippen molar-refractivity contribution in [2.24, 2.45) is 0 Å². The number of nitrogens with one attached hydrogen (secondary N) is 1. The average Bonchev–Trinajstić information content (AvgIpc) is 3.02. The highest BCUT2D eigenvalue weighted by Gasteiger charge is 2.35. The molecule has 0 aliphatic carbocycles. The van der Waals surface area contributed by atoms with Crippen LogP contribution >= 0.6 is 23.2 Å². The van der Waals surface area contributed by atoms with E-state index in [1.165, 1.54) is 43.3 Å². The molecule has 8 nitrogen and oxygen atoms in total. The lowest BCUT2D eigenvalue weighted by Crippen LogP contribution is -2.53. The number of likely N-dealkylation sites (N-methyl/N-ethyl adjacent to an activating group) is 1. The van der Waals surface area contributed by atoms with Gasteiger partial charge in [-0.2, -0.15) is 0 Å².